The van der Waals surface area contributed by atoms with Crippen molar-refractivity contribution in [3.63, 3.8) is 0 Å². The summed E-state index contributed by atoms with van der Waals surface area (Å²) in [6.07, 6.45) is 1.69. The molecule has 2 rings (SSSR count). The van der Waals surface area contributed by atoms with Crippen LogP contribution in [-0.4, -0.2) is 24.5 Å². The number of benzene rings is 1. The van der Waals surface area contributed by atoms with Crippen molar-refractivity contribution in [2.24, 2.45) is 0 Å². The predicted octanol–water partition coefficient (Wildman–Crippen LogP) is 3.55. The second kappa shape index (κ2) is 6.52. The van der Waals surface area contributed by atoms with Crippen LogP contribution < -0.4 is 10.2 Å². The molecule has 1 aromatic heterocycles. The van der Waals surface area contributed by atoms with Crippen molar-refractivity contribution in [3.8, 4) is 0 Å². The van der Waals surface area contributed by atoms with Crippen LogP contribution in [0.2, 0.25) is 0 Å². The molecule has 20 heavy (non-hydrogen) atoms. The highest BCUT2D eigenvalue weighted by Crippen LogP contribution is 2.18. The molecule has 1 aromatic carbocycles. The summed E-state index contributed by atoms with van der Waals surface area (Å²) in [7, 11) is 1.74. The second-order valence-corrected chi connectivity index (χ2v) is 5.22. The fraction of sp³-hybridized carbons (Fsp3) is 0.200. The predicted molar refractivity (Wildman–Crippen MR) is 85.3 cm³/mol. The Hall–Kier alpha value is -1.88. The van der Waals surface area contributed by atoms with Gasteiger partial charge in [0, 0.05) is 23.6 Å². The lowest BCUT2D eigenvalue weighted by atomic mass is 10.2. The van der Waals surface area contributed by atoms with Gasteiger partial charge in [-0.2, -0.15) is 0 Å². The molecular weight excluding hydrogens is 318 g/mol. The molecule has 0 saturated carbocycles. The molecule has 0 unspecified atom stereocenters. The smallest absolute Gasteiger partial charge is 0.258 e. The fourth-order valence-corrected chi connectivity index (χ4v) is 2.20. The second-order valence-electron chi connectivity index (χ2n) is 4.31. The summed E-state index contributed by atoms with van der Waals surface area (Å²) in [5.74, 6) is 0.740. The zero-order valence-corrected chi connectivity index (χ0v) is 13.0. The molecule has 5 heteroatoms. The molecule has 0 saturated heterocycles. The van der Waals surface area contributed by atoms with Crippen molar-refractivity contribution in [2.75, 3.05) is 23.8 Å². The maximum Gasteiger partial charge on any atom is 0.258 e. The number of aromatic nitrogens is 1. The SMILES string of the molecule is CCNc1ccc(N(C)C(=O)c2cccc(Br)c2)cn1. The minimum Gasteiger partial charge on any atom is -0.370 e. The highest BCUT2D eigenvalue weighted by molar-refractivity contribution is 9.10. The Morgan fingerprint density at radius 1 is 1.35 bits per heavy atom. The van der Waals surface area contributed by atoms with Gasteiger partial charge in [0.05, 0.1) is 11.9 Å². The van der Waals surface area contributed by atoms with Crippen molar-refractivity contribution in [2.45, 2.75) is 6.92 Å². The lowest BCUT2D eigenvalue weighted by molar-refractivity contribution is 0.0993. The lowest BCUT2D eigenvalue weighted by Crippen LogP contribution is -2.26. The van der Waals surface area contributed by atoms with E-state index in [0.717, 1.165) is 22.5 Å². The first kappa shape index (κ1) is 14.5. The Labute approximate surface area is 127 Å². The van der Waals surface area contributed by atoms with Crippen molar-refractivity contribution >= 4 is 33.3 Å². The van der Waals surface area contributed by atoms with E-state index in [9.17, 15) is 4.79 Å². The standard InChI is InChI=1S/C15H16BrN3O/c1-3-17-14-8-7-13(10-18-14)19(2)15(20)11-5-4-6-12(16)9-11/h4-10H,3H2,1-2H3,(H,17,18). The van der Waals surface area contributed by atoms with Gasteiger partial charge >= 0.3 is 0 Å². The van der Waals surface area contributed by atoms with Gasteiger partial charge < -0.3 is 10.2 Å². The van der Waals surface area contributed by atoms with E-state index in [0.29, 0.717) is 5.56 Å². The first-order valence-electron chi connectivity index (χ1n) is 6.35. The number of nitrogens with one attached hydrogen (secondary N) is 1. The van der Waals surface area contributed by atoms with Crippen LogP contribution in [0.1, 0.15) is 17.3 Å². The van der Waals surface area contributed by atoms with E-state index in [1.165, 1.54) is 0 Å². The quantitative estimate of drug-likeness (QED) is 0.930. The van der Waals surface area contributed by atoms with Crippen LogP contribution in [0.5, 0.6) is 0 Å². The summed E-state index contributed by atoms with van der Waals surface area (Å²) in [4.78, 5) is 18.2. The number of anilines is 2. The molecule has 104 valence electrons. The monoisotopic (exact) mass is 333 g/mol. The largest absolute Gasteiger partial charge is 0.370 e. The number of amides is 1. The number of halogens is 1. The van der Waals surface area contributed by atoms with Gasteiger partial charge in [-0.1, -0.05) is 22.0 Å². The van der Waals surface area contributed by atoms with Gasteiger partial charge in [0.1, 0.15) is 5.82 Å². The van der Waals surface area contributed by atoms with E-state index >= 15 is 0 Å². The number of nitrogens with zero attached hydrogens (tertiary/aromatic N) is 2. The molecule has 0 aliphatic carbocycles. The summed E-state index contributed by atoms with van der Waals surface area (Å²) in [5, 5.41) is 3.12. The van der Waals surface area contributed by atoms with Gasteiger partial charge in [0.15, 0.2) is 0 Å². The molecule has 0 radical (unpaired) electrons. The summed E-state index contributed by atoms with van der Waals surface area (Å²) in [5.41, 5.74) is 1.40. The van der Waals surface area contributed by atoms with Crippen LogP contribution >= 0.6 is 15.9 Å². The molecule has 4 nitrogen and oxygen atoms in total. The molecule has 0 bridgehead atoms. The van der Waals surface area contributed by atoms with Gasteiger partial charge in [-0.05, 0) is 37.3 Å². The number of hydrogen-bond acceptors (Lipinski definition) is 3. The Bertz CT molecular complexity index is 598. The van der Waals surface area contributed by atoms with Gasteiger partial charge in [-0.15, -0.1) is 0 Å². The highest BCUT2D eigenvalue weighted by Gasteiger charge is 2.13. The van der Waals surface area contributed by atoms with E-state index in [1.54, 1.807) is 30.3 Å². The van der Waals surface area contributed by atoms with Crippen LogP contribution in [0.3, 0.4) is 0 Å². The number of carbonyl (C=O) groups is 1. The summed E-state index contributed by atoms with van der Waals surface area (Å²) >= 11 is 3.37. The maximum atomic E-state index is 12.4. The number of hydrogen-bond donors (Lipinski definition) is 1. The van der Waals surface area contributed by atoms with E-state index in [-0.39, 0.29) is 5.91 Å². The summed E-state index contributed by atoms with van der Waals surface area (Å²) < 4.78 is 0.886. The Kier molecular flexibility index (Phi) is 4.74. The topological polar surface area (TPSA) is 45.2 Å². The van der Waals surface area contributed by atoms with Gasteiger partial charge in [-0.3, -0.25) is 4.79 Å². The molecule has 1 heterocycles. The normalized spacial score (nSPS) is 10.2. The third-order valence-electron chi connectivity index (χ3n) is 2.87. The van der Waals surface area contributed by atoms with E-state index < -0.39 is 0 Å². The Morgan fingerprint density at radius 2 is 2.15 bits per heavy atom. The van der Waals surface area contributed by atoms with Crippen LogP contribution in [-0.2, 0) is 0 Å². The molecule has 1 N–H and O–H groups in total. The zero-order valence-electron chi connectivity index (χ0n) is 11.4. The first-order chi connectivity index (χ1) is 9.61. The third-order valence-corrected chi connectivity index (χ3v) is 3.36. The van der Waals surface area contributed by atoms with Crippen molar-refractivity contribution in [3.05, 3.63) is 52.6 Å². The van der Waals surface area contributed by atoms with E-state index in [2.05, 4.69) is 26.2 Å². The summed E-state index contributed by atoms with van der Waals surface area (Å²) in [6, 6.07) is 11.1. The minimum absolute atomic E-state index is 0.0655. The Morgan fingerprint density at radius 3 is 2.75 bits per heavy atom. The van der Waals surface area contributed by atoms with Crippen molar-refractivity contribution < 1.29 is 4.79 Å². The van der Waals surface area contributed by atoms with Crippen LogP contribution in [0.15, 0.2) is 47.1 Å². The molecule has 0 aliphatic rings. The highest BCUT2D eigenvalue weighted by atomic mass is 79.9. The molecule has 0 atom stereocenters. The Balaban J connectivity index is 2.18. The molecule has 0 fully saturated rings. The van der Waals surface area contributed by atoms with Crippen LogP contribution in [0.4, 0.5) is 11.5 Å². The van der Waals surface area contributed by atoms with Gasteiger partial charge in [-0.25, -0.2) is 4.98 Å². The van der Waals surface area contributed by atoms with Crippen molar-refractivity contribution in [1.82, 2.24) is 4.98 Å². The number of carbonyl (C=O) groups excluding carboxylic acids is 1. The molecule has 2 aromatic rings. The van der Waals surface area contributed by atoms with Gasteiger partial charge in [0.25, 0.3) is 5.91 Å². The number of pyridine rings is 1. The lowest BCUT2D eigenvalue weighted by Gasteiger charge is -2.17. The number of rotatable bonds is 4. The van der Waals surface area contributed by atoms with Gasteiger partial charge in [0.2, 0.25) is 0 Å². The maximum absolute atomic E-state index is 12.4. The molecule has 1 amide bonds. The van der Waals surface area contributed by atoms with Crippen molar-refractivity contribution in [1.29, 1.82) is 0 Å². The average Bonchev–Trinajstić information content (AvgIpc) is 2.47. The average molecular weight is 334 g/mol. The zero-order chi connectivity index (χ0) is 14.5. The van der Waals surface area contributed by atoms with Crippen LogP contribution in [0, 0.1) is 0 Å². The summed E-state index contributed by atoms with van der Waals surface area (Å²) in [6.45, 7) is 2.83. The van der Waals surface area contributed by atoms with Crippen LogP contribution in [0.25, 0.3) is 0 Å². The molecule has 0 aliphatic heterocycles. The van der Waals surface area contributed by atoms with E-state index in [4.69, 9.17) is 0 Å². The van der Waals surface area contributed by atoms with E-state index in [1.807, 2.05) is 31.2 Å². The third kappa shape index (κ3) is 3.36. The molecular formula is C15H16BrN3O. The molecule has 0 spiro atoms. The first-order valence-corrected chi connectivity index (χ1v) is 7.14. The fourth-order valence-electron chi connectivity index (χ4n) is 1.80. The minimum atomic E-state index is -0.0655.